The minimum atomic E-state index is -0.931. The number of carbonyl (C=O) groups is 2. The van der Waals surface area contributed by atoms with Crippen LogP contribution in [0.4, 0.5) is 4.79 Å². The van der Waals surface area contributed by atoms with Crippen molar-refractivity contribution < 1.29 is 14.7 Å². The highest BCUT2D eigenvalue weighted by atomic mass is 16.4. The number of rotatable bonds is 6. The molecule has 0 saturated heterocycles. The van der Waals surface area contributed by atoms with Crippen molar-refractivity contribution >= 4 is 12.0 Å². The lowest BCUT2D eigenvalue weighted by atomic mass is 10.1. The minimum Gasteiger partial charge on any atom is -0.480 e. The maximum Gasteiger partial charge on any atom is 0.326 e. The smallest absolute Gasteiger partial charge is 0.326 e. The lowest BCUT2D eigenvalue weighted by Crippen LogP contribution is -2.52. The average Bonchev–Trinajstić information content (AvgIpc) is 2.88. The summed E-state index contributed by atoms with van der Waals surface area (Å²) in [6, 6.07) is -0.600. The van der Waals surface area contributed by atoms with Crippen molar-refractivity contribution in [2.45, 2.75) is 65.0 Å². The predicted octanol–water partition coefficient (Wildman–Crippen LogP) is 2.80. The third kappa shape index (κ3) is 4.12. The number of aliphatic carboxylic acids is 1. The van der Waals surface area contributed by atoms with E-state index in [2.05, 4.69) is 13.8 Å². The molecule has 0 bridgehead atoms. The minimum absolute atomic E-state index is 0.139. The first-order valence-electron chi connectivity index (χ1n) is 7.64. The molecule has 0 radical (unpaired) electrons. The topological polar surface area (TPSA) is 60.9 Å². The molecule has 0 aliphatic heterocycles. The van der Waals surface area contributed by atoms with Crippen LogP contribution in [-0.4, -0.2) is 52.6 Å². The molecule has 5 nitrogen and oxygen atoms in total. The summed E-state index contributed by atoms with van der Waals surface area (Å²) in [4.78, 5) is 27.2. The molecule has 0 aromatic carbocycles. The molecular formula is C15H28N2O3. The molecule has 1 aliphatic carbocycles. The largest absolute Gasteiger partial charge is 0.480 e. The molecule has 0 heterocycles. The van der Waals surface area contributed by atoms with E-state index in [9.17, 15) is 14.7 Å². The molecule has 0 spiro atoms. The molecule has 1 unspecified atom stereocenters. The molecule has 5 heteroatoms. The van der Waals surface area contributed by atoms with Gasteiger partial charge < -0.3 is 14.9 Å². The summed E-state index contributed by atoms with van der Waals surface area (Å²) >= 11 is 0. The monoisotopic (exact) mass is 284 g/mol. The molecular weight excluding hydrogens is 256 g/mol. The fourth-order valence-corrected chi connectivity index (χ4v) is 2.94. The standard InChI is InChI=1S/C15H28N2O3/c1-5-13(14(18)19)16(4)15(20)17(10-11(2)3)12-8-6-7-9-12/h11-13H,5-10H2,1-4H3,(H,18,19). The van der Waals surface area contributed by atoms with E-state index in [1.165, 1.54) is 4.90 Å². The van der Waals surface area contributed by atoms with Crippen molar-refractivity contribution in [3.05, 3.63) is 0 Å². The van der Waals surface area contributed by atoms with Crippen molar-refractivity contribution in [2.75, 3.05) is 13.6 Å². The normalized spacial score (nSPS) is 17.2. The van der Waals surface area contributed by atoms with Gasteiger partial charge in [0, 0.05) is 19.6 Å². The Bertz CT molecular complexity index is 338. The van der Waals surface area contributed by atoms with Crippen molar-refractivity contribution in [1.82, 2.24) is 9.80 Å². The van der Waals surface area contributed by atoms with E-state index >= 15 is 0 Å². The van der Waals surface area contributed by atoms with E-state index in [-0.39, 0.29) is 12.1 Å². The van der Waals surface area contributed by atoms with Crippen molar-refractivity contribution in [3.8, 4) is 0 Å². The summed E-state index contributed by atoms with van der Waals surface area (Å²) in [6.07, 6.45) is 4.82. The average molecular weight is 284 g/mol. The first-order valence-corrected chi connectivity index (χ1v) is 7.64. The fourth-order valence-electron chi connectivity index (χ4n) is 2.94. The third-order valence-electron chi connectivity index (χ3n) is 4.01. The maximum absolute atomic E-state index is 12.7. The van der Waals surface area contributed by atoms with Gasteiger partial charge in [-0.05, 0) is 25.2 Å². The lowest BCUT2D eigenvalue weighted by Gasteiger charge is -2.36. The zero-order chi connectivity index (χ0) is 15.3. The van der Waals surface area contributed by atoms with Crippen LogP contribution in [0.2, 0.25) is 0 Å². The van der Waals surface area contributed by atoms with Gasteiger partial charge in [-0.1, -0.05) is 33.6 Å². The molecule has 116 valence electrons. The van der Waals surface area contributed by atoms with Gasteiger partial charge in [-0.3, -0.25) is 0 Å². The molecule has 1 N–H and O–H groups in total. The number of amides is 2. The molecule has 1 saturated carbocycles. The van der Waals surface area contributed by atoms with E-state index in [0.717, 1.165) is 25.7 Å². The Balaban J connectivity index is 2.82. The summed E-state index contributed by atoms with van der Waals surface area (Å²) in [7, 11) is 1.60. The zero-order valence-electron chi connectivity index (χ0n) is 13.1. The van der Waals surface area contributed by atoms with E-state index in [1.807, 2.05) is 4.90 Å². The maximum atomic E-state index is 12.7. The fraction of sp³-hybridized carbons (Fsp3) is 0.867. The van der Waals surface area contributed by atoms with Crippen LogP contribution in [0.15, 0.2) is 0 Å². The van der Waals surface area contributed by atoms with Gasteiger partial charge in [0.2, 0.25) is 0 Å². The van der Waals surface area contributed by atoms with Gasteiger partial charge in [0.1, 0.15) is 6.04 Å². The number of likely N-dealkylation sites (N-methyl/N-ethyl adjacent to an activating group) is 1. The second kappa shape index (κ2) is 7.50. The second-order valence-corrected chi connectivity index (χ2v) is 6.14. The highest BCUT2D eigenvalue weighted by Crippen LogP contribution is 2.25. The molecule has 20 heavy (non-hydrogen) atoms. The molecule has 1 aliphatic rings. The number of urea groups is 1. The van der Waals surface area contributed by atoms with Crippen LogP contribution in [0.3, 0.4) is 0 Å². The molecule has 1 atom stereocenters. The van der Waals surface area contributed by atoms with E-state index < -0.39 is 12.0 Å². The van der Waals surface area contributed by atoms with E-state index in [4.69, 9.17) is 0 Å². The Morgan fingerprint density at radius 1 is 1.25 bits per heavy atom. The van der Waals surface area contributed by atoms with Gasteiger partial charge in [-0.2, -0.15) is 0 Å². The summed E-state index contributed by atoms with van der Waals surface area (Å²) in [5.41, 5.74) is 0. The van der Waals surface area contributed by atoms with Crippen LogP contribution in [0.5, 0.6) is 0 Å². The van der Waals surface area contributed by atoms with Crippen LogP contribution in [-0.2, 0) is 4.79 Å². The van der Waals surface area contributed by atoms with Gasteiger partial charge in [-0.15, -0.1) is 0 Å². The zero-order valence-corrected chi connectivity index (χ0v) is 13.1. The van der Waals surface area contributed by atoms with E-state index in [1.54, 1.807) is 14.0 Å². The number of carboxylic acids is 1. The van der Waals surface area contributed by atoms with E-state index in [0.29, 0.717) is 18.9 Å². The Kier molecular flexibility index (Phi) is 6.30. The highest BCUT2D eigenvalue weighted by Gasteiger charge is 2.33. The van der Waals surface area contributed by atoms with Crippen LogP contribution in [0.1, 0.15) is 52.9 Å². The van der Waals surface area contributed by atoms with Gasteiger partial charge in [0.15, 0.2) is 0 Å². The summed E-state index contributed by atoms with van der Waals surface area (Å²) in [5, 5.41) is 9.21. The first kappa shape index (κ1) is 16.8. The lowest BCUT2D eigenvalue weighted by molar-refractivity contribution is -0.142. The van der Waals surface area contributed by atoms with Crippen molar-refractivity contribution in [2.24, 2.45) is 5.92 Å². The first-order chi connectivity index (χ1) is 9.38. The van der Waals surface area contributed by atoms with Crippen LogP contribution in [0.25, 0.3) is 0 Å². The molecule has 0 aromatic rings. The van der Waals surface area contributed by atoms with Crippen molar-refractivity contribution in [1.29, 1.82) is 0 Å². The Hall–Kier alpha value is -1.26. The van der Waals surface area contributed by atoms with Gasteiger partial charge >= 0.3 is 12.0 Å². The SMILES string of the molecule is CCC(C(=O)O)N(C)C(=O)N(CC(C)C)C1CCCC1. The Morgan fingerprint density at radius 3 is 2.20 bits per heavy atom. The number of carbonyl (C=O) groups excluding carboxylic acids is 1. The molecule has 2 amide bonds. The van der Waals surface area contributed by atoms with Crippen LogP contribution >= 0.6 is 0 Å². The quantitative estimate of drug-likeness (QED) is 0.816. The van der Waals surface area contributed by atoms with Crippen LogP contribution < -0.4 is 0 Å². The van der Waals surface area contributed by atoms with Crippen molar-refractivity contribution in [3.63, 3.8) is 0 Å². The Labute approximate surface area is 121 Å². The number of carboxylic acid groups (broad SMARTS) is 1. The van der Waals surface area contributed by atoms with Gasteiger partial charge in [0.25, 0.3) is 0 Å². The second-order valence-electron chi connectivity index (χ2n) is 6.14. The number of hydrogen-bond acceptors (Lipinski definition) is 2. The Morgan fingerprint density at radius 2 is 1.80 bits per heavy atom. The van der Waals surface area contributed by atoms with Gasteiger partial charge in [-0.25, -0.2) is 9.59 Å². The van der Waals surface area contributed by atoms with Gasteiger partial charge in [0.05, 0.1) is 0 Å². The summed E-state index contributed by atoms with van der Waals surface area (Å²) in [5.74, 6) is -0.544. The molecule has 0 aromatic heterocycles. The number of hydrogen-bond donors (Lipinski definition) is 1. The molecule has 1 rings (SSSR count). The summed E-state index contributed by atoms with van der Waals surface area (Å²) < 4.78 is 0. The third-order valence-corrected chi connectivity index (χ3v) is 4.01. The number of nitrogens with zero attached hydrogens (tertiary/aromatic N) is 2. The highest BCUT2D eigenvalue weighted by molar-refractivity contribution is 5.82. The van der Waals surface area contributed by atoms with Crippen LogP contribution in [0, 0.1) is 5.92 Å². The summed E-state index contributed by atoms with van der Waals surface area (Å²) in [6.45, 7) is 6.67. The molecule has 1 fully saturated rings. The predicted molar refractivity (Wildman–Crippen MR) is 78.7 cm³/mol.